The molecule has 6 heteroatoms. The van der Waals surface area contributed by atoms with Gasteiger partial charge in [-0.15, -0.1) is 0 Å². The van der Waals surface area contributed by atoms with Crippen molar-refractivity contribution in [3.05, 3.63) is 62.0 Å². The zero-order valence-corrected chi connectivity index (χ0v) is 15.9. The lowest BCUT2D eigenvalue weighted by molar-refractivity contribution is 0.161. The highest BCUT2D eigenvalue weighted by Crippen LogP contribution is 2.20. The van der Waals surface area contributed by atoms with Crippen LogP contribution < -0.4 is 0 Å². The molecule has 3 nitrogen and oxygen atoms in total. The summed E-state index contributed by atoms with van der Waals surface area (Å²) in [6.45, 7) is 1.52. The summed E-state index contributed by atoms with van der Waals surface area (Å²) in [5.41, 5.74) is 2.34. The van der Waals surface area contributed by atoms with E-state index in [9.17, 15) is 0 Å². The molecule has 0 saturated heterocycles. The van der Waals surface area contributed by atoms with Crippen LogP contribution in [0.15, 0.2) is 56.3 Å². The zero-order valence-electron chi connectivity index (χ0n) is 11.1. The van der Waals surface area contributed by atoms with E-state index in [1.165, 1.54) is 5.57 Å². The first-order valence-corrected chi connectivity index (χ1v) is 8.71. The fraction of sp³-hybridized carbons (Fsp3) is 0.200. The second-order valence-electron chi connectivity index (χ2n) is 4.18. The molecule has 0 saturated carbocycles. The molecule has 0 fully saturated rings. The average Bonchev–Trinajstić information content (AvgIpc) is 2.49. The number of nitrogens with zero attached hydrogens (tertiary/aromatic N) is 2. The molecule has 3 rings (SSSR count). The first kappa shape index (κ1) is 16.8. The van der Waals surface area contributed by atoms with Gasteiger partial charge in [0.05, 0.1) is 18.9 Å². The van der Waals surface area contributed by atoms with Crippen molar-refractivity contribution in [2.24, 2.45) is 0 Å². The molecule has 1 aliphatic rings. The van der Waals surface area contributed by atoms with Crippen molar-refractivity contribution in [3.8, 4) is 0 Å². The quantitative estimate of drug-likeness (QED) is 0.527. The van der Waals surface area contributed by atoms with Gasteiger partial charge in [0.25, 0.3) is 0 Å². The average molecular weight is 477 g/mol. The van der Waals surface area contributed by atoms with Crippen molar-refractivity contribution in [1.82, 2.24) is 9.97 Å². The van der Waals surface area contributed by atoms with E-state index < -0.39 is 0 Å². The molecule has 2 aromatic rings. The van der Waals surface area contributed by atoms with E-state index in [0.29, 0.717) is 6.61 Å². The monoisotopic (exact) mass is 474 g/mol. The number of aromatic nitrogens is 2. The number of ether oxygens (including phenoxy) is 1. The van der Waals surface area contributed by atoms with Gasteiger partial charge in [-0.05, 0) is 84.0 Å². The second kappa shape index (κ2) is 8.78. The largest absolute Gasteiger partial charge is 0.377 e. The Morgan fingerprint density at radius 2 is 1.48 bits per heavy atom. The first-order chi connectivity index (χ1) is 10.1. The predicted octanol–water partition coefficient (Wildman–Crippen LogP) is 5.25. The van der Waals surface area contributed by atoms with Crippen molar-refractivity contribution < 1.29 is 4.74 Å². The van der Waals surface area contributed by atoms with Gasteiger partial charge < -0.3 is 4.74 Å². The highest BCUT2D eigenvalue weighted by Gasteiger charge is 2.07. The number of hydrogen-bond donors (Lipinski definition) is 0. The third kappa shape index (κ3) is 5.98. The van der Waals surface area contributed by atoms with Crippen molar-refractivity contribution in [2.45, 2.75) is 6.42 Å². The molecule has 0 N–H and O–H groups in total. The molecule has 110 valence electrons. The minimum Gasteiger partial charge on any atom is -0.377 e. The van der Waals surface area contributed by atoms with Crippen molar-refractivity contribution in [2.75, 3.05) is 13.2 Å². The summed E-state index contributed by atoms with van der Waals surface area (Å²) >= 11 is 9.80. The van der Waals surface area contributed by atoms with Gasteiger partial charge in [0.2, 0.25) is 0 Å². The predicted molar refractivity (Wildman–Crippen MR) is 95.0 cm³/mol. The normalized spacial score (nSPS) is 14.0. The molecule has 0 atom stereocenters. The molecule has 1 aliphatic heterocycles. The van der Waals surface area contributed by atoms with Gasteiger partial charge in [-0.3, -0.25) is 0 Å². The van der Waals surface area contributed by atoms with Crippen molar-refractivity contribution in [1.29, 1.82) is 0 Å². The molecule has 0 spiro atoms. The fourth-order valence-corrected chi connectivity index (χ4v) is 3.00. The maximum absolute atomic E-state index is 5.24. The van der Waals surface area contributed by atoms with Gasteiger partial charge in [-0.2, -0.15) is 0 Å². The highest BCUT2D eigenvalue weighted by atomic mass is 79.9. The summed E-state index contributed by atoms with van der Waals surface area (Å²) in [6.07, 6.45) is 3.06. The van der Waals surface area contributed by atoms with E-state index in [2.05, 4.69) is 63.8 Å². The van der Waals surface area contributed by atoms with Gasteiger partial charge in [-0.25, -0.2) is 9.97 Å². The Labute approximate surface area is 149 Å². The van der Waals surface area contributed by atoms with Gasteiger partial charge in [0.15, 0.2) is 0 Å². The smallest absolute Gasteiger partial charge is 0.107 e. The summed E-state index contributed by atoms with van der Waals surface area (Å²) in [5, 5.41) is 0. The summed E-state index contributed by atoms with van der Waals surface area (Å²) in [7, 11) is 0. The van der Waals surface area contributed by atoms with Gasteiger partial charge in [-0.1, -0.05) is 18.2 Å². The summed E-state index contributed by atoms with van der Waals surface area (Å²) in [4.78, 5) is 8.40. The Morgan fingerprint density at radius 3 is 1.95 bits per heavy atom. The van der Waals surface area contributed by atoms with Crippen LogP contribution in [0.2, 0.25) is 0 Å². The number of halogens is 3. The molecule has 0 bridgehead atoms. The van der Waals surface area contributed by atoms with Crippen LogP contribution in [0.4, 0.5) is 0 Å². The van der Waals surface area contributed by atoms with Crippen LogP contribution in [0.5, 0.6) is 0 Å². The van der Waals surface area contributed by atoms with E-state index in [-0.39, 0.29) is 0 Å². The Bertz CT molecular complexity index is 615. The molecular formula is C15H13Br3N2O. The van der Waals surface area contributed by atoms with Crippen LogP contribution in [0, 0.1) is 0 Å². The summed E-state index contributed by atoms with van der Waals surface area (Å²) < 4.78 is 7.83. The Kier molecular flexibility index (Phi) is 7.03. The van der Waals surface area contributed by atoms with Crippen LogP contribution >= 0.6 is 47.8 Å². The zero-order chi connectivity index (χ0) is 15.1. The lowest BCUT2D eigenvalue weighted by atomic mass is 10.1. The van der Waals surface area contributed by atoms with Crippen molar-refractivity contribution >= 4 is 53.4 Å². The molecule has 2 aromatic heterocycles. The van der Waals surface area contributed by atoms with Crippen LogP contribution in [-0.2, 0) is 4.74 Å². The molecule has 3 heterocycles. The van der Waals surface area contributed by atoms with Crippen LogP contribution in [0.25, 0.3) is 5.57 Å². The fourth-order valence-electron chi connectivity index (χ4n) is 1.73. The van der Waals surface area contributed by atoms with E-state index in [4.69, 9.17) is 4.74 Å². The van der Waals surface area contributed by atoms with Gasteiger partial charge in [0.1, 0.15) is 13.8 Å². The Morgan fingerprint density at radius 1 is 0.857 bits per heavy atom. The third-order valence-electron chi connectivity index (χ3n) is 2.69. The highest BCUT2D eigenvalue weighted by molar-refractivity contribution is 9.11. The van der Waals surface area contributed by atoms with Crippen LogP contribution in [-0.4, -0.2) is 23.2 Å². The Hall–Kier alpha value is -0.560. The summed E-state index contributed by atoms with van der Waals surface area (Å²) in [5.74, 6) is 0. The SMILES string of the molecule is Brc1cccc(Br)n1.Brc1cccc(C2=CCOCC2)n1. The second-order valence-corrected chi connectivity index (χ2v) is 6.62. The van der Waals surface area contributed by atoms with E-state index in [1.807, 2.05) is 36.4 Å². The van der Waals surface area contributed by atoms with Crippen LogP contribution in [0.1, 0.15) is 12.1 Å². The molecule has 0 unspecified atom stereocenters. The lowest BCUT2D eigenvalue weighted by Gasteiger charge is -2.12. The van der Waals surface area contributed by atoms with E-state index >= 15 is 0 Å². The topological polar surface area (TPSA) is 35.0 Å². The molecule has 0 radical (unpaired) electrons. The van der Waals surface area contributed by atoms with E-state index in [1.54, 1.807) is 0 Å². The van der Waals surface area contributed by atoms with Gasteiger partial charge >= 0.3 is 0 Å². The number of pyridine rings is 2. The first-order valence-electron chi connectivity index (χ1n) is 6.33. The molecular weight excluding hydrogens is 464 g/mol. The molecule has 0 aliphatic carbocycles. The number of rotatable bonds is 1. The lowest BCUT2D eigenvalue weighted by Crippen LogP contribution is -2.04. The van der Waals surface area contributed by atoms with E-state index in [0.717, 1.165) is 32.5 Å². The standard InChI is InChI=1S/C10H10BrNO.C5H3Br2N/c11-10-3-1-2-9(12-10)8-4-6-13-7-5-8;6-4-2-1-3-5(7)8-4/h1-4H,5-7H2;1-3H. The molecule has 21 heavy (non-hydrogen) atoms. The maximum Gasteiger partial charge on any atom is 0.107 e. The molecule has 0 aromatic carbocycles. The van der Waals surface area contributed by atoms with Crippen LogP contribution in [0.3, 0.4) is 0 Å². The van der Waals surface area contributed by atoms with Crippen molar-refractivity contribution in [3.63, 3.8) is 0 Å². The van der Waals surface area contributed by atoms with Gasteiger partial charge in [0, 0.05) is 0 Å². The third-order valence-corrected chi connectivity index (χ3v) is 4.01. The molecule has 0 amide bonds. The Balaban J connectivity index is 0.000000173. The summed E-state index contributed by atoms with van der Waals surface area (Å²) in [6, 6.07) is 11.6. The minimum atomic E-state index is 0.712. The number of hydrogen-bond acceptors (Lipinski definition) is 3. The maximum atomic E-state index is 5.24. The minimum absolute atomic E-state index is 0.712.